The van der Waals surface area contributed by atoms with Crippen LogP contribution in [0.5, 0.6) is 5.75 Å². The summed E-state index contributed by atoms with van der Waals surface area (Å²) in [4.78, 5) is 4.38. The molecular weight excluding hydrogens is 416 g/mol. The molecule has 0 heterocycles. The van der Waals surface area contributed by atoms with Crippen LogP contribution in [0.3, 0.4) is 0 Å². The molecular formula is C31H54N2O. The Morgan fingerprint density at radius 3 is 1.82 bits per heavy atom. The van der Waals surface area contributed by atoms with Crippen LogP contribution in [0.1, 0.15) is 81.2 Å². The van der Waals surface area contributed by atoms with Gasteiger partial charge in [0.05, 0.1) is 0 Å². The Bertz CT molecular complexity index is 716. The molecule has 0 radical (unpaired) electrons. The van der Waals surface area contributed by atoms with E-state index in [4.69, 9.17) is 10.5 Å². The van der Waals surface area contributed by atoms with Crippen molar-refractivity contribution in [2.45, 2.75) is 82.6 Å². The lowest BCUT2D eigenvalue weighted by molar-refractivity contribution is 0.328. The highest BCUT2D eigenvalue weighted by Gasteiger charge is 1.97. The Labute approximate surface area is 212 Å². The van der Waals surface area contributed by atoms with Crippen LogP contribution >= 0.6 is 0 Å². The number of benzene rings is 1. The van der Waals surface area contributed by atoms with Crippen LogP contribution in [0.15, 0.2) is 89.6 Å². The monoisotopic (exact) mass is 470 g/mol. The molecule has 0 aromatic heterocycles. The first-order valence-corrected chi connectivity index (χ1v) is 12.5. The Kier molecular flexibility index (Phi) is 34.5. The van der Waals surface area contributed by atoms with Crippen molar-refractivity contribution in [1.82, 2.24) is 0 Å². The van der Waals surface area contributed by atoms with Crippen molar-refractivity contribution in [2.75, 3.05) is 13.2 Å². The zero-order valence-corrected chi connectivity index (χ0v) is 24.2. The lowest BCUT2D eigenvalue weighted by Crippen LogP contribution is -2.10. The Morgan fingerprint density at radius 2 is 1.50 bits per heavy atom. The van der Waals surface area contributed by atoms with Crippen LogP contribution in [-0.4, -0.2) is 18.9 Å². The highest BCUT2D eigenvalue weighted by atomic mass is 16.5. The van der Waals surface area contributed by atoms with Crippen molar-refractivity contribution in [3.05, 3.63) is 90.2 Å². The second-order valence-electron chi connectivity index (χ2n) is 6.57. The van der Waals surface area contributed by atoms with Gasteiger partial charge in [0, 0.05) is 18.5 Å². The molecule has 1 aromatic carbocycles. The van der Waals surface area contributed by atoms with E-state index in [0.717, 1.165) is 29.0 Å². The average molecular weight is 471 g/mol. The van der Waals surface area contributed by atoms with Gasteiger partial charge in [0.1, 0.15) is 12.4 Å². The first-order valence-electron chi connectivity index (χ1n) is 12.5. The van der Waals surface area contributed by atoms with E-state index in [0.29, 0.717) is 13.2 Å². The topological polar surface area (TPSA) is 47.6 Å². The van der Waals surface area contributed by atoms with Gasteiger partial charge in [-0.2, -0.15) is 0 Å². The van der Waals surface area contributed by atoms with E-state index in [-0.39, 0.29) is 0 Å². The number of allylic oxidation sites excluding steroid dienone is 7. The molecule has 1 aromatic rings. The summed E-state index contributed by atoms with van der Waals surface area (Å²) < 4.78 is 5.29. The predicted octanol–water partition coefficient (Wildman–Crippen LogP) is 9.42. The van der Waals surface area contributed by atoms with Gasteiger partial charge < -0.3 is 10.5 Å². The van der Waals surface area contributed by atoms with Crippen LogP contribution in [0.25, 0.3) is 0 Å². The SMILES string of the molecule is C/C=C\C.C=CC(=C\C)/C(=C/N=C(C)C(=C)C)CC.CC.CC.Cc1ccc(OCCN)cc1. The van der Waals surface area contributed by atoms with Crippen molar-refractivity contribution in [3.8, 4) is 5.75 Å². The van der Waals surface area contributed by atoms with Crippen molar-refractivity contribution < 1.29 is 4.74 Å². The molecule has 0 aliphatic heterocycles. The molecule has 34 heavy (non-hydrogen) atoms. The number of ether oxygens (including phenoxy) is 1. The number of aliphatic imine (C=N–C) groups is 1. The van der Waals surface area contributed by atoms with E-state index >= 15 is 0 Å². The summed E-state index contributed by atoms with van der Waals surface area (Å²) in [6.45, 7) is 30.9. The van der Waals surface area contributed by atoms with E-state index in [1.54, 1.807) is 0 Å². The minimum atomic E-state index is 0.563. The summed E-state index contributed by atoms with van der Waals surface area (Å²) >= 11 is 0. The smallest absolute Gasteiger partial charge is 0.119 e. The lowest BCUT2D eigenvalue weighted by Gasteiger charge is -2.03. The molecule has 0 spiro atoms. The number of aryl methyl sites for hydroxylation is 1. The Hall–Kier alpha value is -2.65. The molecule has 0 atom stereocenters. The van der Waals surface area contributed by atoms with E-state index in [9.17, 15) is 0 Å². The van der Waals surface area contributed by atoms with E-state index < -0.39 is 0 Å². The number of nitrogens with zero attached hydrogens (tertiary/aromatic N) is 1. The van der Waals surface area contributed by atoms with Gasteiger partial charge >= 0.3 is 0 Å². The highest BCUT2D eigenvalue weighted by Crippen LogP contribution is 2.15. The molecule has 0 aliphatic carbocycles. The fourth-order valence-corrected chi connectivity index (χ4v) is 1.90. The molecule has 3 nitrogen and oxygen atoms in total. The van der Waals surface area contributed by atoms with Gasteiger partial charge in [-0.3, -0.25) is 4.99 Å². The number of hydrogen-bond acceptors (Lipinski definition) is 3. The van der Waals surface area contributed by atoms with Gasteiger partial charge in [-0.25, -0.2) is 0 Å². The zero-order valence-electron chi connectivity index (χ0n) is 24.2. The van der Waals surface area contributed by atoms with Crippen LogP contribution in [-0.2, 0) is 0 Å². The summed E-state index contributed by atoms with van der Waals surface area (Å²) in [5.41, 5.74) is 10.8. The van der Waals surface area contributed by atoms with Crippen LogP contribution in [0.4, 0.5) is 0 Å². The maximum Gasteiger partial charge on any atom is 0.119 e. The van der Waals surface area contributed by atoms with Crippen molar-refractivity contribution >= 4 is 5.71 Å². The fraction of sp³-hybridized carbons (Fsp3) is 0.452. The van der Waals surface area contributed by atoms with Crippen molar-refractivity contribution in [1.29, 1.82) is 0 Å². The van der Waals surface area contributed by atoms with Crippen LogP contribution < -0.4 is 10.5 Å². The molecule has 0 fully saturated rings. The van der Waals surface area contributed by atoms with Gasteiger partial charge in [-0.05, 0) is 76.8 Å². The molecule has 0 saturated carbocycles. The standard InChI is InChI=1S/C14H21N.C9H13NO.C4H8.2C2H6/c1-7-13(8-2)14(9-3)10-15-12(6)11(4)5;1-8-2-4-9(5-3-8)11-7-6-10;1-3-4-2;2*1-2/h7-8,10H,1,4,9H2,2-3,5-6H3;2-5H,6-7,10H2,1H3;3-4H,1-2H3;2*1-2H3/b13-8+,14-10+,15-12?;;4-3-;;. The van der Waals surface area contributed by atoms with Crippen LogP contribution in [0, 0.1) is 6.92 Å². The van der Waals surface area contributed by atoms with Gasteiger partial charge in [0.15, 0.2) is 0 Å². The summed E-state index contributed by atoms with van der Waals surface area (Å²) in [6, 6.07) is 7.94. The molecule has 0 saturated heterocycles. The minimum absolute atomic E-state index is 0.563. The first-order chi connectivity index (χ1) is 16.3. The first kappa shape index (κ1) is 38.6. The van der Waals surface area contributed by atoms with Crippen molar-refractivity contribution in [2.24, 2.45) is 10.7 Å². The maximum absolute atomic E-state index is 5.29. The molecule has 0 bridgehead atoms. The third-order valence-electron chi connectivity index (χ3n) is 4.06. The third kappa shape index (κ3) is 24.0. The minimum Gasteiger partial charge on any atom is -0.492 e. The molecule has 0 amide bonds. The third-order valence-corrected chi connectivity index (χ3v) is 4.06. The van der Waals surface area contributed by atoms with Crippen LogP contribution in [0.2, 0.25) is 0 Å². The van der Waals surface area contributed by atoms with Gasteiger partial charge in [-0.15, -0.1) is 0 Å². The second-order valence-corrected chi connectivity index (χ2v) is 6.57. The molecule has 194 valence electrons. The number of nitrogens with two attached hydrogens (primary N) is 1. The second kappa shape index (κ2) is 30.4. The average Bonchev–Trinajstić information content (AvgIpc) is 2.88. The highest BCUT2D eigenvalue weighted by molar-refractivity contribution is 5.97. The molecule has 3 heteroatoms. The predicted molar refractivity (Wildman–Crippen MR) is 159 cm³/mol. The van der Waals surface area contributed by atoms with E-state index in [1.165, 1.54) is 11.1 Å². The molecule has 0 unspecified atom stereocenters. The number of rotatable bonds is 8. The largest absolute Gasteiger partial charge is 0.492 e. The summed E-state index contributed by atoms with van der Waals surface area (Å²) in [7, 11) is 0. The van der Waals surface area contributed by atoms with Gasteiger partial charge in [0.2, 0.25) is 0 Å². The lowest BCUT2D eigenvalue weighted by atomic mass is 10.1. The summed E-state index contributed by atoms with van der Waals surface area (Å²) in [5, 5.41) is 0. The molecule has 2 N–H and O–H groups in total. The molecule has 1 rings (SSSR count). The summed E-state index contributed by atoms with van der Waals surface area (Å²) in [6.07, 6.45) is 10.8. The van der Waals surface area contributed by atoms with Crippen molar-refractivity contribution in [3.63, 3.8) is 0 Å². The Balaban J connectivity index is -0.000000207. The molecule has 0 aliphatic rings. The fourth-order valence-electron chi connectivity index (χ4n) is 1.90. The van der Waals surface area contributed by atoms with E-state index in [1.807, 2.05) is 124 Å². The van der Waals surface area contributed by atoms with Gasteiger partial charge in [-0.1, -0.05) is 89.8 Å². The quantitative estimate of drug-likeness (QED) is 0.233. The summed E-state index contributed by atoms with van der Waals surface area (Å²) in [5.74, 6) is 0.890. The Morgan fingerprint density at radius 1 is 1.00 bits per heavy atom. The maximum atomic E-state index is 5.29. The normalized spacial score (nSPS) is 10.8. The number of hydrogen-bond donors (Lipinski definition) is 1. The zero-order chi connectivity index (χ0) is 27.4. The van der Waals surface area contributed by atoms with E-state index in [2.05, 4.69) is 25.1 Å². The van der Waals surface area contributed by atoms with Gasteiger partial charge in [0.25, 0.3) is 0 Å².